The Morgan fingerprint density at radius 2 is 1.94 bits per heavy atom. The number of benzene rings is 2. The van der Waals surface area contributed by atoms with E-state index >= 15 is 0 Å². The highest BCUT2D eigenvalue weighted by molar-refractivity contribution is 6.30. The smallest absolute Gasteiger partial charge is 0.272 e. The van der Waals surface area contributed by atoms with Crippen LogP contribution in [0, 0.1) is 5.82 Å². The van der Waals surface area contributed by atoms with Crippen molar-refractivity contribution in [3.8, 4) is 28.4 Å². The van der Waals surface area contributed by atoms with Gasteiger partial charge in [0.1, 0.15) is 5.82 Å². The van der Waals surface area contributed by atoms with E-state index in [2.05, 4.69) is 10.4 Å². The standard InChI is InChI=1S/C23H24ClFN4O3/c1-28(2)8-7-26-23(30)21-16-9-13-10-19(31-3)20(32-4)12-15(13)22(16)29(27-21)14-5-6-18(25)17(24)11-14/h5-6,10-12H,7-9H2,1-4H3,(H,26,30). The average Bonchev–Trinajstić information content (AvgIpc) is 3.31. The highest BCUT2D eigenvalue weighted by atomic mass is 35.5. The second-order valence-electron chi connectivity index (χ2n) is 7.79. The van der Waals surface area contributed by atoms with E-state index in [1.807, 2.05) is 31.1 Å². The van der Waals surface area contributed by atoms with E-state index in [1.54, 1.807) is 25.0 Å². The molecular formula is C23H24ClFN4O3. The number of hydrogen-bond acceptors (Lipinski definition) is 5. The molecule has 1 N–H and O–H groups in total. The zero-order chi connectivity index (χ0) is 23.0. The van der Waals surface area contributed by atoms with Crippen molar-refractivity contribution in [1.29, 1.82) is 0 Å². The first-order valence-electron chi connectivity index (χ1n) is 10.1. The van der Waals surface area contributed by atoms with Crippen LogP contribution in [0.5, 0.6) is 11.5 Å². The highest BCUT2D eigenvalue weighted by Gasteiger charge is 2.32. The van der Waals surface area contributed by atoms with Crippen molar-refractivity contribution in [3.05, 3.63) is 58.0 Å². The van der Waals surface area contributed by atoms with Crippen LogP contribution in [0.25, 0.3) is 16.9 Å². The molecule has 0 saturated heterocycles. The molecule has 7 nitrogen and oxygen atoms in total. The second-order valence-corrected chi connectivity index (χ2v) is 8.19. The zero-order valence-corrected chi connectivity index (χ0v) is 19.1. The molecule has 4 rings (SSSR count). The quantitative estimate of drug-likeness (QED) is 0.458. The number of rotatable bonds is 7. The van der Waals surface area contributed by atoms with Gasteiger partial charge in [0.25, 0.3) is 5.91 Å². The number of nitrogens with one attached hydrogen (secondary N) is 1. The molecule has 2 aromatic carbocycles. The Labute approximate surface area is 190 Å². The van der Waals surface area contributed by atoms with Crippen molar-refractivity contribution in [2.45, 2.75) is 6.42 Å². The van der Waals surface area contributed by atoms with Crippen LogP contribution in [0.3, 0.4) is 0 Å². The third-order valence-corrected chi connectivity index (χ3v) is 5.71. The molecule has 0 radical (unpaired) electrons. The molecule has 1 aromatic heterocycles. The van der Waals surface area contributed by atoms with Gasteiger partial charge in [-0.2, -0.15) is 5.10 Å². The molecular weight excluding hydrogens is 435 g/mol. The summed E-state index contributed by atoms with van der Waals surface area (Å²) >= 11 is 6.03. The first kappa shape index (κ1) is 22.1. The Bertz CT molecular complexity index is 1190. The minimum atomic E-state index is -0.521. The van der Waals surface area contributed by atoms with Crippen LogP contribution in [0.15, 0.2) is 30.3 Å². The van der Waals surface area contributed by atoms with E-state index in [-0.39, 0.29) is 10.9 Å². The minimum absolute atomic E-state index is 0.0192. The molecule has 1 amide bonds. The van der Waals surface area contributed by atoms with Crippen molar-refractivity contribution >= 4 is 17.5 Å². The molecule has 0 unspecified atom stereocenters. The van der Waals surface area contributed by atoms with Crippen LogP contribution in [0.2, 0.25) is 5.02 Å². The topological polar surface area (TPSA) is 68.6 Å². The van der Waals surface area contributed by atoms with Gasteiger partial charge in [0.2, 0.25) is 0 Å². The molecule has 0 fully saturated rings. The predicted molar refractivity (Wildman–Crippen MR) is 121 cm³/mol. The lowest BCUT2D eigenvalue weighted by Gasteiger charge is -2.12. The Balaban J connectivity index is 1.85. The molecule has 0 aliphatic heterocycles. The second kappa shape index (κ2) is 8.80. The number of likely N-dealkylation sites (N-methyl/N-ethyl adjacent to an activating group) is 1. The Kier molecular flexibility index (Phi) is 6.08. The van der Waals surface area contributed by atoms with Gasteiger partial charge < -0.3 is 19.7 Å². The van der Waals surface area contributed by atoms with E-state index < -0.39 is 5.82 Å². The first-order valence-corrected chi connectivity index (χ1v) is 10.5. The molecule has 0 atom stereocenters. The van der Waals surface area contributed by atoms with Gasteiger partial charge in [0.15, 0.2) is 17.2 Å². The fourth-order valence-electron chi connectivity index (χ4n) is 3.84. The lowest BCUT2D eigenvalue weighted by atomic mass is 10.1. The maximum Gasteiger partial charge on any atom is 0.272 e. The number of fused-ring (bicyclic) bond motifs is 3. The van der Waals surface area contributed by atoms with Gasteiger partial charge in [-0.1, -0.05) is 11.6 Å². The molecule has 1 aliphatic rings. The van der Waals surface area contributed by atoms with Gasteiger partial charge in [-0.05, 0) is 50.0 Å². The molecule has 0 bridgehead atoms. The summed E-state index contributed by atoms with van der Waals surface area (Å²) in [7, 11) is 7.03. The molecule has 168 valence electrons. The van der Waals surface area contributed by atoms with E-state index in [4.69, 9.17) is 21.1 Å². The van der Waals surface area contributed by atoms with Crippen molar-refractivity contribution in [2.24, 2.45) is 0 Å². The van der Waals surface area contributed by atoms with Crippen LogP contribution < -0.4 is 14.8 Å². The summed E-state index contributed by atoms with van der Waals surface area (Å²) in [4.78, 5) is 15.0. The van der Waals surface area contributed by atoms with Gasteiger partial charge in [-0.25, -0.2) is 9.07 Å². The van der Waals surface area contributed by atoms with Gasteiger partial charge in [0, 0.05) is 30.6 Å². The number of carbonyl (C=O) groups is 1. The largest absolute Gasteiger partial charge is 0.493 e. The van der Waals surface area contributed by atoms with Gasteiger partial charge in [-0.15, -0.1) is 0 Å². The summed E-state index contributed by atoms with van der Waals surface area (Å²) in [5, 5.41) is 7.51. The van der Waals surface area contributed by atoms with Crippen LogP contribution >= 0.6 is 11.6 Å². The summed E-state index contributed by atoms with van der Waals surface area (Å²) in [6, 6.07) is 8.14. The Hall–Kier alpha value is -3.10. The maximum atomic E-state index is 13.8. The minimum Gasteiger partial charge on any atom is -0.493 e. The number of ether oxygens (including phenoxy) is 2. The predicted octanol–water partition coefficient (Wildman–Crippen LogP) is 3.54. The van der Waals surface area contributed by atoms with E-state index in [0.29, 0.717) is 42.4 Å². The molecule has 0 saturated carbocycles. The molecule has 1 heterocycles. The van der Waals surface area contributed by atoms with Gasteiger partial charge in [0.05, 0.1) is 30.6 Å². The number of methoxy groups -OCH3 is 2. The number of carbonyl (C=O) groups excluding carboxylic acids is 1. The molecule has 32 heavy (non-hydrogen) atoms. The summed E-state index contributed by atoms with van der Waals surface area (Å²) in [6.07, 6.45) is 0.510. The average molecular weight is 459 g/mol. The summed E-state index contributed by atoms with van der Waals surface area (Å²) in [5.74, 6) is 0.396. The zero-order valence-electron chi connectivity index (χ0n) is 18.3. The van der Waals surface area contributed by atoms with Gasteiger partial charge in [-0.3, -0.25) is 4.79 Å². The first-order chi connectivity index (χ1) is 15.3. The summed E-state index contributed by atoms with van der Waals surface area (Å²) in [6.45, 7) is 1.20. The summed E-state index contributed by atoms with van der Waals surface area (Å²) in [5.41, 5.74) is 4.28. The number of nitrogens with zero attached hydrogens (tertiary/aromatic N) is 3. The van der Waals surface area contributed by atoms with Crippen molar-refractivity contribution < 1.29 is 18.7 Å². The van der Waals surface area contributed by atoms with Crippen LogP contribution in [0.4, 0.5) is 4.39 Å². The number of amides is 1. The molecule has 3 aromatic rings. The fraction of sp³-hybridized carbons (Fsp3) is 0.304. The summed E-state index contributed by atoms with van der Waals surface area (Å²) < 4.78 is 26.3. The monoisotopic (exact) mass is 458 g/mol. The van der Waals surface area contributed by atoms with Gasteiger partial charge >= 0.3 is 0 Å². The lowest BCUT2D eigenvalue weighted by molar-refractivity contribution is 0.0945. The van der Waals surface area contributed by atoms with E-state index in [0.717, 1.165) is 22.4 Å². The number of halogens is 2. The maximum absolute atomic E-state index is 13.8. The molecule has 1 aliphatic carbocycles. The third kappa shape index (κ3) is 3.91. The number of aromatic nitrogens is 2. The van der Waals surface area contributed by atoms with Crippen molar-refractivity contribution in [1.82, 2.24) is 20.0 Å². The number of hydrogen-bond donors (Lipinski definition) is 1. The van der Waals surface area contributed by atoms with Crippen LogP contribution in [-0.2, 0) is 6.42 Å². The van der Waals surface area contributed by atoms with E-state index in [1.165, 1.54) is 12.1 Å². The Morgan fingerprint density at radius 3 is 2.59 bits per heavy atom. The van der Waals surface area contributed by atoms with Crippen molar-refractivity contribution in [3.63, 3.8) is 0 Å². The van der Waals surface area contributed by atoms with Crippen LogP contribution in [-0.4, -0.2) is 62.0 Å². The van der Waals surface area contributed by atoms with Crippen LogP contribution in [0.1, 0.15) is 21.6 Å². The normalized spacial score (nSPS) is 12.0. The highest BCUT2D eigenvalue weighted by Crippen LogP contribution is 2.44. The molecule has 0 spiro atoms. The lowest BCUT2D eigenvalue weighted by Crippen LogP contribution is -2.32. The third-order valence-electron chi connectivity index (χ3n) is 5.42. The Morgan fingerprint density at radius 1 is 1.22 bits per heavy atom. The SMILES string of the molecule is COc1cc2c(cc1OC)-c1c(c(C(=O)NCCN(C)C)nn1-c1ccc(F)c(Cl)c1)C2. The van der Waals surface area contributed by atoms with Crippen molar-refractivity contribution in [2.75, 3.05) is 41.4 Å². The fourth-order valence-corrected chi connectivity index (χ4v) is 4.01. The molecule has 9 heteroatoms. The van der Waals surface area contributed by atoms with E-state index in [9.17, 15) is 9.18 Å².